The Bertz CT molecular complexity index is 279. The van der Waals surface area contributed by atoms with Gasteiger partial charge in [0, 0.05) is 26.2 Å². The van der Waals surface area contributed by atoms with Crippen LogP contribution in [0.4, 0.5) is 0 Å². The Labute approximate surface area is 118 Å². The highest BCUT2D eigenvalue weighted by Gasteiger charge is 2.38. The van der Waals surface area contributed by atoms with Crippen molar-refractivity contribution in [3.05, 3.63) is 0 Å². The van der Waals surface area contributed by atoms with Crippen LogP contribution in [0.5, 0.6) is 0 Å². The zero-order valence-electron chi connectivity index (χ0n) is 13.1. The molecule has 0 radical (unpaired) electrons. The minimum atomic E-state index is -0.127. The van der Waals surface area contributed by atoms with Crippen LogP contribution in [0.1, 0.15) is 52.9 Å². The number of methoxy groups -OCH3 is 1. The van der Waals surface area contributed by atoms with Crippen LogP contribution in [0.15, 0.2) is 0 Å². The highest BCUT2D eigenvalue weighted by Crippen LogP contribution is 2.39. The van der Waals surface area contributed by atoms with Gasteiger partial charge in [0.05, 0.1) is 12.2 Å². The molecule has 3 nitrogen and oxygen atoms in total. The predicted molar refractivity (Wildman–Crippen MR) is 78.2 cm³/mol. The van der Waals surface area contributed by atoms with E-state index in [1.807, 2.05) is 7.11 Å². The standard InChI is InChI=1S/C16H31NO2/c1-16(2,3)12-5-6-15(18)14(11-12)17-9-7-13(19-4)8-10-17/h12-15,18H,5-11H2,1-4H3. The molecule has 2 fully saturated rings. The molecule has 19 heavy (non-hydrogen) atoms. The molecule has 1 saturated heterocycles. The number of rotatable bonds is 2. The molecular formula is C16H31NO2. The second kappa shape index (κ2) is 6.11. The van der Waals surface area contributed by atoms with E-state index in [-0.39, 0.29) is 6.10 Å². The molecule has 1 aliphatic heterocycles. The van der Waals surface area contributed by atoms with Gasteiger partial charge in [-0.3, -0.25) is 4.90 Å². The average Bonchev–Trinajstić information content (AvgIpc) is 2.38. The topological polar surface area (TPSA) is 32.7 Å². The highest BCUT2D eigenvalue weighted by molar-refractivity contribution is 4.92. The summed E-state index contributed by atoms with van der Waals surface area (Å²) < 4.78 is 5.44. The summed E-state index contributed by atoms with van der Waals surface area (Å²) in [6.45, 7) is 9.17. The fourth-order valence-corrected chi connectivity index (χ4v) is 3.75. The van der Waals surface area contributed by atoms with Crippen molar-refractivity contribution >= 4 is 0 Å². The van der Waals surface area contributed by atoms with Crippen molar-refractivity contribution in [2.75, 3.05) is 20.2 Å². The predicted octanol–water partition coefficient (Wildman–Crippen LogP) is 2.67. The van der Waals surface area contributed by atoms with Crippen LogP contribution >= 0.6 is 0 Å². The molecule has 1 N–H and O–H groups in total. The van der Waals surface area contributed by atoms with Crippen LogP contribution in [0, 0.1) is 11.3 Å². The van der Waals surface area contributed by atoms with E-state index in [1.54, 1.807) is 0 Å². The van der Waals surface area contributed by atoms with Gasteiger partial charge in [-0.05, 0) is 43.4 Å². The van der Waals surface area contributed by atoms with E-state index in [0.717, 1.165) is 44.7 Å². The summed E-state index contributed by atoms with van der Waals surface area (Å²) >= 11 is 0. The number of piperidine rings is 1. The van der Waals surface area contributed by atoms with Gasteiger partial charge in [-0.1, -0.05) is 20.8 Å². The van der Waals surface area contributed by atoms with Gasteiger partial charge in [0.25, 0.3) is 0 Å². The van der Waals surface area contributed by atoms with Crippen LogP contribution in [0.3, 0.4) is 0 Å². The zero-order valence-corrected chi connectivity index (χ0v) is 13.1. The molecular weight excluding hydrogens is 238 g/mol. The lowest BCUT2D eigenvalue weighted by atomic mass is 9.69. The van der Waals surface area contributed by atoms with Crippen LogP contribution in [0.2, 0.25) is 0 Å². The van der Waals surface area contributed by atoms with E-state index in [1.165, 1.54) is 6.42 Å². The van der Waals surface area contributed by atoms with Gasteiger partial charge in [0.15, 0.2) is 0 Å². The Morgan fingerprint density at radius 3 is 2.21 bits per heavy atom. The van der Waals surface area contributed by atoms with E-state index < -0.39 is 0 Å². The molecule has 1 heterocycles. The summed E-state index contributed by atoms with van der Waals surface area (Å²) in [6.07, 6.45) is 5.82. The summed E-state index contributed by atoms with van der Waals surface area (Å²) in [5.74, 6) is 0.737. The molecule has 1 aliphatic carbocycles. The van der Waals surface area contributed by atoms with Crippen molar-refractivity contribution in [3.63, 3.8) is 0 Å². The van der Waals surface area contributed by atoms with Crippen molar-refractivity contribution in [3.8, 4) is 0 Å². The average molecular weight is 269 g/mol. The molecule has 0 spiro atoms. The number of aliphatic hydroxyl groups excluding tert-OH is 1. The largest absolute Gasteiger partial charge is 0.391 e. The zero-order chi connectivity index (χ0) is 14.0. The first kappa shape index (κ1) is 15.3. The molecule has 112 valence electrons. The Morgan fingerprint density at radius 1 is 1.05 bits per heavy atom. The Balaban J connectivity index is 1.94. The highest BCUT2D eigenvalue weighted by atomic mass is 16.5. The molecule has 3 atom stereocenters. The first-order valence-electron chi connectivity index (χ1n) is 7.86. The fourth-order valence-electron chi connectivity index (χ4n) is 3.75. The molecule has 0 amide bonds. The normalized spacial score (nSPS) is 35.5. The third-order valence-electron chi connectivity index (χ3n) is 5.28. The number of likely N-dealkylation sites (tertiary alicyclic amines) is 1. The van der Waals surface area contributed by atoms with Gasteiger partial charge >= 0.3 is 0 Å². The SMILES string of the molecule is COC1CCN(C2CC(C(C)(C)C)CCC2O)CC1. The molecule has 2 aliphatic rings. The maximum absolute atomic E-state index is 10.4. The Hall–Kier alpha value is -0.120. The number of hydrogen-bond acceptors (Lipinski definition) is 3. The number of aliphatic hydroxyl groups is 1. The summed E-state index contributed by atoms with van der Waals surface area (Å²) in [4.78, 5) is 2.51. The third kappa shape index (κ3) is 3.71. The molecule has 0 aromatic heterocycles. The Kier molecular flexibility index (Phi) is 4.91. The van der Waals surface area contributed by atoms with Crippen molar-refractivity contribution in [1.29, 1.82) is 0 Å². The van der Waals surface area contributed by atoms with Gasteiger partial charge in [0.1, 0.15) is 0 Å². The van der Waals surface area contributed by atoms with Gasteiger partial charge in [-0.25, -0.2) is 0 Å². The molecule has 0 aromatic carbocycles. The van der Waals surface area contributed by atoms with E-state index in [2.05, 4.69) is 25.7 Å². The molecule has 3 heteroatoms. The first-order chi connectivity index (χ1) is 8.91. The van der Waals surface area contributed by atoms with E-state index in [9.17, 15) is 5.11 Å². The van der Waals surface area contributed by atoms with Crippen LogP contribution in [0.25, 0.3) is 0 Å². The van der Waals surface area contributed by atoms with E-state index >= 15 is 0 Å². The molecule has 0 aromatic rings. The first-order valence-corrected chi connectivity index (χ1v) is 7.86. The van der Waals surface area contributed by atoms with E-state index in [4.69, 9.17) is 4.74 Å². The lowest BCUT2D eigenvalue weighted by molar-refractivity contribution is -0.0437. The van der Waals surface area contributed by atoms with Crippen LogP contribution in [-0.4, -0.2) is 48.5 Å². The van der Waals surface area contributed by atoms with Crippen molar-refractivity contribution < 1.29 is 9.84 Å². The Morgan fingerprint density at radius 2 is 1.68 bits per heavy atom. The van der Waals surface area contributed by atoms with Crippen molar-refractivity contribution in [2.24, 2.45) is 11.3 Å². The molecule has 1 saturated carbocycles. The maximum atomic E-state index is 10.4. The monoisotopic (exact) mass is 269 g/mol. The lowest BCUT2D eigenvalue weighted by Crippen LogP contribution is -2.52. The minimum Gasteiger partial charge on any atom is -0.391 e. The smallest absolute Gasteiger partial charge is 0.0695 e. The van der Waals surface area contributed by atoms with Gasteiger partial charge in [-0.15, -0.1) is 0 Å². The second-order valence-corrected chi connectivity index (χ2v) is 7.48. The molecule has 3 unspecified atom stereocenters. The van der Waals surface area contributed by atoms with Crippen LogP contribution in [-0.2, 0) is 4.74 Å². The quantitative estimate of drug-likeness (QED) is 0.836. The summed E-state index contributed by atoms with van der Waals surface area (Å²) in [6, 6.07) is 0.371. The number of nitrogens with zero attached hydrogens (tertiary/aromatic N) is 1. The molecule has 0 bridgehead atoms. The summed E-state index contributed by atoms with van der Waals surface area (Å²) in [7, 11) is 1.81. The summed E-state index contributed by atoms with van der Waals surface area (Å²) in [5.41, 5.74) is 0.364. The van der Waals surface area contributed by atoms with E-state index in [0.29, 0.717) is 17.6 Å². The van der Waals surface area contributed by atoms with Crippen molar-refractivity contribution in [2.45, 2.75) is 71.1 Å². The fraction of sp³-hybridized carbons (Fsp3) is 1.00. The van der Waals surface area contributed by atoms with Gasteiger partial charge in [0.2, 0.25) is 0 Å². The number of hydrogen-bond donors (Lipinski definition) is 1. The number of ether oxygens (including phenoxy) is 1. The second-order valence-electron chi connectivity index (χ2n) is 7.48. The maximum Gasteiger partial charge on any atom is 0.0695 e. The summed E-state index contributed by atoms with van der Waals surface area (Å²) in [5, 5.41) is 10.4. The minimum absolute atomic E-state index is 0.127. The lowest BCUT2D eigenvalue weighted by Gasteiger charge is -2.46. The van der Waals surface area contributed by atoms with Crippen molar-refractivity contribution in [1.82, 2.24) is 4.90 Å². The van der Waals surface area contributed by atoms with Crippen LogP contribution < -0.4 is 0 Å². The molecule has 2 rings (SSSR count). The third-order valence-corrected chi connectivity index (χ3v) is 5.28. The van der Waals surface area contributed by atoms with Gasteiger partial charge in [-0.2, -0.15) is 0 Å². The van der Waals surface area contributed by atoms with Gasteiger partial charge < -0.3 is 9.84 Å².